The zero-order chi connectivity index (χ0) is 13.8. The van der Waals surface area contributed by atoms with Crippen LogP contribution in [-0.4, -0.2) is 42.5 Å². The number of nitrogens with zero attached hydrogens (tertiary/aromatic N) is 2. The summed E-state index contributed by atoms with van der Waals surface area (Å²) in [6, 6.07) is 10.1. The van der Waals surface area contributed by atoms with Gasteiger partial charge in [-0.3, -0.25) is 9.69 Å². The zero-order valence-electron chi connectivity index (χ0n) is 11.3. The Morgan fingerprint density at radius 2 is 2.10 bits per heavy atom. The van der Waals surface area contributed by atoms with Gasteiger partial charge in [0.1, 0.15) is 5.82 Å². The SMILES string of the molecule is O=CNc1ccc2cc(CN3CCNCC3)ccc2n1. The third-order valence-electron chi connectivity index (χ3n) is 3.58. The van der Waals surface area contributed by atoms with Gasteiger partial charge < -0.3 is 10.6 Å². The number of nitrogens with one attached hydrogen (secondary N) is 2. The zero-order valence-corrected chi connectivity index (χ0v) is 11.3. The number of hydrogen-bond donors (Lipinski definition) is 2. The average Bonchev–Trinajstić information content (AvgIpc) is 2.49. The topological polar surface area (TPSA) is 57.3 Å². The largest absolute Gasteiger partial charge is 0.314 e. The second kappa shape index (κ2) is 5.98. The van der Waals surface area contributed by atoms with Gasteiger partial charge in [0.15, 0.2) is 0 Å². The fraction of sp³-hybridized carbons (Fsp3) is 0.333. The molecule has 0 spiro atoms. The van der Waals surface area contributed by atoms with Crippen LogP contribution < -0.4 is 10.6 Å². The van der Waals surface area contributed by atoms with Crippen LogP contribution in [0.25, 0.3) is 10.9 Å². The molecule has 104 valence electrons. The van der Waals surface area contributed by atoms with Crippen LogP contribution in [-0.2, 0) is 11.3 Å². The number of anilines is 1. The summed E-state index contributed by atoms with van der Waals surface area (Å²) in [5, 5.41) is 7.04. The number of hydrogen-bond acceptors (Lipinski definition) is 4. The predicted octanol–water partition coefficient (Wildman–Crippen LogP) is 1.21. The summed E-state index contributed by atoms with van der Waals surface area (Å²) in [6.45, 7) is 5.30. The molecule has 1 saturated heterocycles. The molecule has 2 heterocycles. The molecule has 5 heteroatoms. The van der Waals surface area contributed by atoms with Crippen molar-refractivity contribution in [2.75, 3.05) is 31.5 Å². The van der Waals surface area contributed by atoms with Gasteiger partial charge in [0.25, 0.3) is 0 Å². The molecule has 0 radical (unpaired) electrons. The fourth-order valence-corrected chi connectivity index (χ4v) is 2.54. The van der Waals surface area contributed by atoms with Gasteiger partial charge in [-0.25, -0.2) is 4.98 Å². The molecule has 1 aliphatic rings. The first-order chi connectivity index (χ1) is 9.85. The summed E-state index contributed by atoms with van der Waals surface area (Å²) in [5.41, 5.74) is 2.21. The highest BCUT2D eigenvalue weighted by molar-refractivity contribution is 5.82. The van der Waals surface area contributed by atoms with Crippen LogP contribution in [0.15, 0.2) is 30.3 Å². The predicted molar refractivity (Wildman–Crippen MR) is 79.6 cm³/mol. The second-order valence-corrected chi connectivity index (χ2v) is 5.01. The minimum absolute atomic E-state index is 0.586. The molecule has 2 aromatic rings. The van der Waals surface area contributed by atoms with E-state index in [2.05, 4.69) is 32.7 Å². The highest BCUT2D eigenvalue weighted by atomic mass is 16.1. The van der Waals surface area contributed by atoms with Crippen molar-refractivity contribution >= 4 is 23.1 Å². The van der Waals surface area contributed by atoms with Gasteiger partial charge >= 0.3 is 0 Å². The van der Waals surface area contributed by atoms with Crippen LogP contribution in [0.5, 0.6) is 0 Å². The second-order valence-electron chi connectivity index (χ2n) is 5.01. The molecule has 0 atom stereocenters. The quantitative estimate of drug-likeness (QED) is 0.820. The lowest BCUT2D eigenvalue weighted by Crippen LogP contribution is -2.42. The summed E-state index contributed by atoms with van der Waals surface area (Å²) in [4.78, 5) is 17.3. The fourth-order valence-electron chi connectivity index (χ4n) is 2.54. The molecule has 1 aromatic carbocycles. The Hall–Kier alpha value is -1.98. The van der Waals surface area contributed by atoms with Crippen LogP contribution >= 0.6 is 0 Å². The highest BCUT2D eigenvalue weighted by Gasteiger charge is 2.10. The van der Waals surface area contributed by atoms with Gasteiger partial charge in [0, 0.05) is 38.1 Å². The maximum absolute atomic E-state index is 10.4. The molecule has 5 nitrogen and oxygen atoms in total. The van der Waals surface area contributed by atoms with Crippen molar-refractivity contribution in [2.45, 2.75) is 6.54 Å². The molecular weight excluding hydrogens is 252 g/mol. The van der Waals surface area contributed by atoms with Crippen molar-refractivity contribution in [1.29, 1.82) is 0 Å². The number of carbonyl (C=O) groups is 1. The lowest BCUT2D eigenvalue weighted by Gasteiger charge is -2.27. The standard InChI is InChI=1S/C15H18N4O/c20-11-17-15-4-2-13-9-12(1-3-14(13)18-15)10-19-7-5-16-6-8-19/h1-4,9,11,16H,5-8,10H2,(H,17,18,20). The molecular formula is C15H18N4O. The van der Waals surface area contributed by atoms with Gasteiger partial charge in [-0.05, 0) is 29.8 Å². The number of benzene rings is 1. The monoisotopic (exact) mass is 270 g/mol. The Bertz CT molecular complexity index is 608. The van der Waals surface area contributed by atoms with Crippen molar-refractivity contribution in [2.24, 2.45) is 0 Å². The van der Waals surface area contributed by atoms with E-state index in [1.165, 1.54) is 5.56 Å². The number of piperazine rings is 1. The molecule has 1 fully saturated rings. The highest BCUT2D eigenvalue weighted by Crippen LogP contribution is 2.18. The van der Waals surface area contributed by atoms with Gasteiger partial charge in [0.2, 0.25) is 6.41 Å². The molecule has 20 heavy (non-hydrogen) atoms. The van der Waals surface area contributed by atoms with E-state index in [4.69, 9.17) is 0 Å². The Labute approximate surface area is 118 Å². The Morgan fingerprint density at radius 1 is 1.25 bits per heavy atom. The first kappa shape index (κ1) is 13.0. The van der Waals surface area contributed by atoms with Crippen molar-refractivity contribution in [3.05, 3.63) is 35.9 Å². The molecule has 2 N–H and O–H groups in total. The molecule has 0 aliphatic carbocycles. The van der Waals surface area contributed by atoms with Gasteiger partial charge in [-0.2, -0.15) is 0 Å². The van der Waals surface area contributed by atoms with Gasteiger partial charge in [0.05, 0.1) is 5.52 Å². The van der Waals surface area contributed by atoms with E-state index in [1.807, 2.05) is 18.2 Å². The minimum Gasteiger partial charge on any atom is -0.314 e. The first-order valence-electron chi connectivity index (χ1n) is 6.88. The van der Waals surface area contributed by atoms with Crippen LogP contribution in [0.4, 0.5) is 5.82 Å². The summed E-state index contributed by atoms with van der Waals surface area (Å²) < 4.78 is 0. The maximum Gasteiger partial charge on any atom is 0.212 e. The molecule has 1 aromatic heterocycles. The number of carbonyl (C=O) groups excluding carboxylic acids is 1. The van der Waals surface area contributed by atoms with E-state index in [0.717, 1.165) is 43.6 Å². The summed E-state index contributed by atoms with van der Waals surface area (Å²) in [5.74, 6) is 0.586. The molecule has 0 saturated carbocycles. The minimum atomic E-state index is 0.586. The first-order valence-corrected chi connectivity index (χ1v) is 6.88. The Balaban J connectivity index is 1.79. The van der Waals surface area contributed by atoms with E-state index in [0.29, 0.717) is 12.2 Å². The molecule has 1 aliphatic heterocycles. The lowest BCUT2D eigenvalue weighted by molar-refractivity contribution is -0.105. The normalized spacial score (nSPS) is 16.2. The van der Waals surface area contributed by atoms with E-state index in [1.54, 1.807) is 0 Å². The van der Waals surface area contributed by atoms with E-state index < -0.39 is 0 Å². The number of aromatic nitrogens is 1. The summed E-state index contributed by atoms with van der Waals surface area (Å²) >= 11 is 0. The maximum atomic E-state index is 10.4. The summed E-state index contributed by atoms with van der Waals surface area (Å²) in [6.07, 6.45) is 0.646. The van der Waals surface area contributed by atoms with E-state index in [9.17, 15) is 4.79 Å². The van der Waals surface area contributed by atoms with Crippen molar-refractivity contribution in [3.8, 4) is 0 Å². The van der Waals surface area contributed by atoms with E-state index in [-0.39, 0.29) is 0 Å². The number of amides is 1. The van der Waals surface area contributed by atoms with Crippen molar-refractivity contribution < 1.29 is 4.79 Å². The molecule has 0 bridgehead atoms. The summed E-state index contributed by atoms with van der Waals surface area (Å²) in [7, 11) is 0. The average molecular weight is 270 g/mol. The van der Waals surface area contributed by atoms with Gasteiger partial charge in [-0.1, -0.05) is 6.07 Å². The molecule has 0 unspecified atom stereocenters. The van der Waals surface area contributed by atoms with Gasteiger partial charge in [-0.15, -0.1) is 0 Å². The van der Waals surface area contributed by atoms with Crippen molar-refractivity contribution in [3.63, 3.8) is 0 Å². The number of pyridine rings is 1. The smallest absolute Gasteiger partial charge is 0.212 e. The van der Waals surface area contributed by atoms with Crippen LogP contribution in [0.2, 0.25) is 0 Å². The number of rotatable bonds is 4. The van der Waals surface area contributed by atoms with E-state index >= 15 is 0 Å². The lowest BCUT2D eigenvalue weighted by atomic mass is 10.1. The Morgan fingerprint density at radius 3 is 2.90 bits per heavy atom. The number of fused-ring (bicyclic) bond motifs is 1. The third kappa shape index (κ3) is 2.95. The van der Waals surface area contributed by atoms with Crippen molar-refractivity contribution in [1.82, 2.24) is 15.2 Å². The van der Waals surface area contributed by atoms with Crippen LogP contribution in [0, 0.1) is 0 Å². The molecule has 1 amide bonds. The Kier molecular flexibility index (Phi) is 3.90. The van der Waals surface area contributed by atoms with Crippen LogP contribution in [0.1, 0.15) is 5.56 Å². The van der Waals surface area contributed by atoms with Crippen LogP contribution in [0.3, 0.4) is 0 Å². The molecule has 3 rings (SSSR count). The third-order valence-corrected chi connectivity index (χ3v) is 3.58.